The van der Waals surface area contributed by atoms with Crippen molar-refractivity contribution in [1.29, 1.82) is 0 Å². The van der Waals surface area contributed by atoms with Crippen LogP contribution >= 0.6 is 12.4 Å². The lowest BCUT2D eigenvalue weighted by Gasteiger charge is -2.35. The van der Waals surface area contributed by atoms with E-state index in [4.69, 9.17) is 5.73 Å². The van der Waals surface area contributed by atoms with Crippen molar-refractivity contribution >= 4 is 29.9 Å². The lowest BCUT2D eigenvalue weighted by Crippen LogP contribution is -2.50. The predicted molar refractivity (Wildman–Crippen MR) is 101 cm³/mol. The van der Waals surface area contributed by atoms with Gasteiger partial charge in [-0.05, 0) is 42.5 Å². The summed E-state index contributed by atoms with van der Waals surface area (Å²) >= 11 is 0. The van der Waals surface area contributed by atoms with Gasteiger partial charge >= 0.3 is 6.18 Å². The summed E-state index contributed by atoms with van der Waals surface area (Å²) in [4.78, 5) is 28.1. The van der Waals surface area contributed by atoms with Gasteiger partial charge in [0.2, 0.25) is 0 Å². The molecule has 0 radical (unpaired) electrons. The topological polar surface area (TPSA) is 66.6 Å². The number of carbonyl (C=O) groups excluding carboxylic acids is 2. The average Bonchev–Trinajstić information content (AvgIpc) is 2.66. The van der Waals surface area contributed by atoms with Crippen molar-refractivity contribution in [2.45, 2.75) is 6.18 Å². The van der Waals surface area contributed by atoms with Gasteiger partial charge in [-0.3, -0.25) is 9.59 Å². The predicted octanol–water partition coefficient (Wildman–Crippen LogP) is 3.31. The van der Waals surface area contributed by atoms with Gasteiger partial charge in [0.25, 0.3) is 11.8 Å². The summed E-state index contributed by atoms with van der Waals surface area (Å²) < 4.78 is 37.9. The first kappa shape index (κ1) is 21.6. The third-order valence-corrected chi connectivity index (χ3v) is 4.45. The van der Waals surface area contributed by atoms with Crippen molar-refractivity contribution in [3.05, 3.63) is 65.2 Å². The molecular weight excluding hydrogens is 395 g/mol. The molecule has 28 heavy (non-hydrogen) atoms. The molecule has 2 aromatic carbocycles. The number of hydrogen-bond donors (Lipinski definition) is 1. The number of piperazine rings is 1. The summed E-state index contributed by atoms with van der Waals surface area (Å²) in [7, 11) is 0. The zero-order chi connectivity index (χ0) is 19.6. The van der Waals surface area contributed by atoms with Gasteiger partial charge in [0.1, 0.15) is 0 Å². The molecule has 2 aromatic rings. The van der Waals surface area contributed by atoms with Crippen LogP contribution in [0.3, 0.4) is 0 Å². The second-order valence-corrected chi connectivity index (χ2v) is 6.28. The second kappa shape index (κ2) is 8.52. The molecule has 0 atom stereocenters. The van der Waals surface area contributed by atoms with Gasteiger partial charge in [-0.1, -0.05) is 6.07 Å². The lowest BCUT2D eigenvalue weighted by molar-refractivity contribution is -0.137. The first-order valence-electron chi connectivity index (χ1n) is 8.37. The maximum absolute atomic E-state index is 12.6. The quantitative estimate of drug-likeness (QED) is 0.768. The zero-order valence-corrected chi connectivity index (χ0v) is 15.6. The van der Waals surface area contributed by atoms with Crippen LogP contribution in [0.2, 0.25) is 0 Å². The highest BCUT2D eigenvalue weighted by Gasteiger charge is 2.31. The van der Waals surface area contributed by atoms with Gasteiger partial charge in [-0.15, -0.1) is 12.4 Å². The molecule has 0 spiro atoms. The minimum atomic E-state index is -4.44. The van der Waals surface area contributed by atoms with Crippen LogP contribution in [0.5, 0.6) is 0 Å². The summed E-state index contributed by atoms with van der Waals surface area (Å²) in [6.07, 6.45) is -4.44. The number of hydrogen-bond acceptors (Lipinski definition) is 3. The van der Waals surface area contributed by atoms with Gasteiger partial charge in [-0.2, -0.15) is 13.2 Å². The second-order valence-electron chi connectivity index (χ2n) is 6.28. The van der Waals surface area contributed by atoms with Gasteiger partial charge in [0, 0.05) is 43.0 Å². The van der Waals surface area contributed by atoms with E-state index >= 15 is 0 Å². The minimum absolute atomic E-state index is 0. The number of nitrogen functional groups attached to an aromatic ring is 1. The monoisotopic (exact) mass is 413 g/mol. The number of amides is 2. The van der Waals surface area contributed by atoms with E-state index in [0.717, 1.165) is 12.1 Å². The Bertz CT molecular complexity index is 848. The Labute approximate surface area is 166 Å². The maximum Gasteiger partial charge on any atom is 0.416 e. The van der Waals surface area contributed by atoms with Crippen molar-refractivity contribution < 1.29 is 22.8 Å². The van der Waals surface area contributed by atoms with E-state index < -0.39 is 11.7 Å². The summed E-state index contributed by atoms with van der Waals surface area (Å²) in [6, 6.07) is 10.8. The maximum atomic E-state index is 12.6. The average molecular weight is 414 g/mol. The fourth-order valence-corrected chi connectivity index (χ4v) is 2.95. The smallest absolute Gasteiger partial charge is 0.399 e. The van der Waals surface area contributed by atoms with E-state index in [-0.39, 0.29) is 29.8 Å². The number of alkyl halides is 3. The molecule has 0 aliphatic carbocycles. The molecule has 1 aliphatic heterocycles. The van der Waals surface area contributed by atoms with Crippen LogP contribution in [-0.4, -0.2) is 47.8 Å². The van der Waals surface area contributed by atoms with E-state index in [2.05, 4.69) is 0 Å². The first-order chi connectivity index (χ1) is 12.8. The normalized spacial score (nSPS) is 14.4. The Kier molecular flexibility index (Phi) is 6.56. The van der Waals surface area contributed by atoms with Gasteiger partial charge < -0.3 is 15.5 Å². The minimum Gasteiger partial charge on any atom is -0.399 e. The van der Waals surface area contributed by atoms with Gasteiger partial charge in [0.05, 0.1) is 5.56 Å². The highest BCUT2D eigenvalue weighted by molar-refractivity contribution is 5.96. The third kappa shape index (κ3) is 4.75. The van der Waals surface area contributed by atoms with E-state index in [0.29, 0.717) is 37.4 Å². The Balaban J connectivity index is 0.00000280. The molecule has 2 amide bonds. The van der Waals surface area contributed by atoms with Crippen LogP contribution in [0.15, 0.2) is 48.5 Å². The van der Waals surface area contributed by atoms with E-state index in [1.165, 1.54) is 17.0 Å². The van der Waals surface area contributed by atoms with Crippen molar-refractivity contribution in [1.82, 2.24) is 9.80 Å². The largest absolute Gasteiger partial charge is 0.416 e. The molecular formula is C19H19ClF3N3O2. The molecule has 0 bridgehead atoms. The molecule has 1 fully saturated rings. The van der Waals surface area contributed by atoms with Gasteiger partial charge in [0.15, 0.2) is 0 Å². The van der Waals surface area contributed by atoms with E-state index in [1.54, 1.807) is 29.2 Å². The summed E-state index contributed by atoms with van der Waals surface area (Å²) in [5, 5.41) is 0. The highest BCUT2D eigenvalue weighted by atomic mass is 35.5. The molecule has 1 aliphatic rings. The first-order valence-corrected chi connectivity index (χ1v) is 8.37. The van der Waals surface area contributed by atoms with Crippen molar-refractivity contribution in [3.8, 4) is 0 Å². The molecule has 150 valence electrons. The van der Waals surface area contributed by atoms with Crippen LogP contribution in [0.4, 0.5) is 18.9 Å². The number of halogens is 4. The van der Waals surface area contributed by atoms with Crippen LogP contribution in [0, 0.1) is 0 Å². The molecule has 1 saturated heterocycles. The van der Waals surface area contributed by atoms with Crippen LogP contribution < -0.4 is 5.73 Å². The van der Waals surface area contributed by atoms with Crippen molar-refractivity contribution in [3.63, 3.8) is 0 Å². The molecule has 0 unspecified atom stereocenters. The molecule has 1 heterocycles. The summed E-state index contributed by atoms with van der Waals surface area (Å²) in [6.45, 7) is 1.32. The number of anilines is 1. The summed E-state index contributed by atoms with van der Waals surface area (Å²) in [5.41, 5.74) is 6.07. The van der Waals surface area contributed by atoms with E-state index in [9.17, 15) is 22.8 Å². The number of carbonyl (C=O) groups is 2. The Morgan fingerprint density at radius 1 is 0.821 bits per heavy atom. The highest BCUT2D eigenvalue weighted by Crippen LogP contribution is 2.29. The molecule has 2 N–H and O–H groups in total. The van der Waals surface area contributed by atoms with E-state index in [1.807, 2.05) is 0 Å². The molecule has 9 heteroatoms. The van der Waals surface area contributed by atoms with Crippen LogP contribution in [0.1, 0.15) is 26.3 Å². The molecule has 5 nitrogen and oxygen atoms in total. The Hall–Kier alpha value is -2.74. The zero-order valence-electron chi connectivity index (χ0n) is 14.8. The van der Waals surface area contributed by atoms with Crippen LogP contribution in [-0.2, 0) is 6.18 Å². The van der Waals surface area contributed by atoms with Crippen molar-refractivity contribution in [2.75, 3.05) is 31.9 Å². The standard InChI is InChI=1S/C19H18F3N3O2.ClH/c20-19(21,22)15-6-4-13(5-7-15)17(26)24-8-10-25(11-9-24)18(27)14-2-1-3-16(23)12-14;/h1-7,12H,8-11,23H2;1H. The van der Waals surface area contributed by atoms with Gasteiger partial charge in [-0.25, -0.2) is 0 Å². The molecule has 0 aromatic heterocycles. The third-order valence-electron chi connectivity index (χ3n) is 4.45. The van der Waals surface area contributed by atoms with Crippen LogP contribution in [0.25, 0.3) is 0 Å². The number of rotatable bonds is 2. The number of benzene rings is 2. The Morgan fingerprint density at radius 2 is 1.32 bits per heavy atom. The molecule has 0 saturated carbocycles. The number of nitrogens with zero attached hydrogens (tertiary/aromatic N) is 2. The SMILES string of the molecule is Cl.Nc1cccc(C(=O)N2CCN(C(=O)c3ccc(C(F)(F)F)cc3)CC2)c1. The van der Waals surface area contributed by atoms with Crippen molar-refractivity contribution in [2.24, 2.45) is 0 Å². The molecule has 3 rings (SSSR count). The fraction of sp³-hybridized carbons (Fsp3) is 0.263. The fourth-order valence-electron chi connectivity index (χ4n) is 2.95. The summed E-state index contributed by atoms with van der Waals surface area (Å²) in [5.74, 6) is -0.510. The Morgan fingerprint density at radius 3 is 1.79 bits per heavy atom. The lowest BCUT2D eigenvalue weighted by atomic mass is 10.1. The number of nitrogens with two attached hydrogens (primary N) is 1.